The molecule has 3 aromatic rings. The van der Waals surface area contributed by atoms with E-state index in [2.05, 4.69) is 15.0 Å². The Hall–Kier alpha value is -2.60. The molecular formula is C18H24N4O2. The molecular weight excluding hydrogens is 304 g/mol. The summed E-state index contributed by atoms with van der Waals surface area (Å²) < 4.78 is 11.2. The summed E-state index contributed by atoms with van der Waals surface area (Å²) in [6.07, 6.45) is 3.44. The fourth-order valence-electron chi connectivity index (χ4n) is 2.04. The molecule has 6 nitrogen and oxygen atoms in total. The highest BCUT2D eigenvalue weighted by atomic mass is 16.5. The van der Waals surface area contributed by atoms with Gasteiger partial charge in [0.2, 0.25) is 0 Å². The molecule has 1 aromatic carbocycles. The Balaban J connectivity index is 0.00000100. The van der Waals surface area contributed by atoms with E-state index in [1.54, 1.807) is 12.4 Å². The van der Waals surface area contributed by atoms with Gasteiger partial charge in [-0.25, -0.2) is 0 Å². The van der Waals surface area contributed by atoms with Crippen molar-refractivity contribution in [2.24, 2.45) is 5.73 Å². The Morgan fingerprint density at radius 1 is 1.12 bits per heavy atom. The number of benzene rings is 1. The average Bonchev–Trinajstić information content (AvgIpc) is 3.03. The van der Waals surface area contributed by atoms with Gasteiger partial charge in [0.05, 0.1) is 23.3 Å². The van der Waals surface area contributed by atoms with Crippen LogP contribution in [0.2, 0.25) is 0 Å². The monoisotopic (exact) mass is 328 g/mol. The van der Waals surface area contributed by atoms with Crippen LogP contribution in [0, 0.1) is 6.92 Å². The highest BCUT2D eigenvalue weighted by molar-refractivity contribution is 5.75. The molecule has 0 bridgehead atoms. The van der Waals surface area contributed by atoms with Crippen molar-refractivity contribution >= 4 is 11.0 Å². The minimum Gasteiger partial charge on any atom is -0.490 e. The van der Waals surface area contributed by atoms with Gasteiger partial charge in [-0.3, -0.25) is 4.98 Å². The number of aromatic amines is 1. The molecule has 0 saturated heterocycles. The van der Waals surface area contributed by atoms with Crippen molar-refractivity contribution in [1.82, 2.24) is 15.0 Å². The molecule has 0 amide bonds. The van der Waals surface area contributed by atoms with Crippen LogP contribution in [-0.2, 0) is 0 Å². The van der Waals surface area contributed by atoms with E-state index in [9.17, 15) is 0 Å². The standard InChI is InChI=1S/C16H18N4O2.C2H6/c1-11-6-13(8-18-7-11)21-9-12(17)10-22-16-19-14-4-2-3-5-15(14)20-16;1-2/h2-8,12H,9-10,17H2,1H3,(H,19,20);1-2H3. The number of para-hydroxylation sites is 2. The zero-order valence-corrected chi connectivity index (χ0v) is 14.3. The average molecular weight is 328 g/mol. The summed E-state index contributed by atoms with van der Waals surface area (Å²) in [5.41, 5.74) is 8.84. The summed E-state index contributed by atoms with van der Waals surface area (Å²) in [5.74, 6) is 0.708. The van der Waals surface area contributed by atoms with Gasteiger partial charge in [0.15, 0.2) is 0 Å². The normalized spacial score (nSPS) is 11.5. The Morgan fingerprint density at radius 2 is 1.88 bits per heavy atom. The maximum absolute atomic E-state index is 5.99. The van der Waals surface area contributed by atoms with Crippen molar-refractivity contribution in [3.05, 3.63) is 48.3 Å². The first-order valence-corrected chi connectivity index (χ1v) is 8.08. The van der Waals surface area contributed by atoms with Crippen molar-refractivity contribution in [3.63, 3.8) is 0 Å². The highest BCUT2D eigenvalue weighted by Gasteiger charge is 2.08. The molecule has 3 rings (SSSR count). The van der Waals surface area contributed by atoms with Gasteiger partial charge in [-0.2, -0.15) is 4.98 Å². The van der Waals surface area contributed by atoms with E-state index < -0.39 is 0 Å². The van der Waals surface area contributed by atoms with E-state index in [0.717, 1.165) is 16.6 Å². The Morgan fingerprint density at radius 3 is 2.62 bits per heavy atom. The van der Waals surface area contributed by atoms with Crippen molar-refractivity contribution in [2.45, 2.75) is 26.8 Å². The molecule has 128 valence electrons. The summed E-state index contributed by atoms with van der Waals surface area (Å²) in [4.78, 5) is 11.5. The smallest absolute Gasteiger partial charge is 0.294 e. The van der Waals surface area contributed by atoms with E-state index in [1.807, 2.05) is 51.1 Å². The van der Waals surface area contributed by atoms with Gasteiger partial charge < -0.3 is 20.2 Å². The molecule has 0 aliphatic heterocycles. The van der Waals surface area contributed by atoms with Crippen LogP contribution in [0.25, 0.3) is 11.0 Å². The van der Waals surface area contributed by atoms with Crippen molar-refractivity contribution in [3.8, 4) is 11.8 Å². The van der Waals surface area contributed by atoms with E-state index >= 15 is 0 Å². The van der Waals surface area contributed by atoms with Crippen LogP contribution in [0.4, 0.5) is 0 Å². The molecule has 1 atom stereocenters. The number of aryl methyl sites for hydroxylation is 1. The van der Waals surface area contributed by atoms with E-state index in [4.69, 9.17) is 15.2 Å². The van der Waals surface area contributed by atoms with Crippen LogP contribution in [0.1, 0.15) is 19.4 Å². The van der Waals surface area contributed by atoms with Crippen LogP contribution < -0.4 is 15.2 Å². The van der Waals surface area contributed by atoms with Crippen LogP contribution in [0.3, 0.4) is 0 Å². The first kappa shape index (κ1) is 17.7. The number of aromatic nitrogens is 3. The zero-order chi connectivity index (χ0) is 17.4. The lowest BCUT2D eigenvalue weighted by atomic mass is 10.3. The molecule has 0 aliphatic rings. The molecule has 2 aromatic heterocycles. The minimum atomic E-state index is -0.256. The van der Waals surface area contributed by atoms with Crippen LogP contribution in [0.15, 0.2) is 42.7 Å². The summed E-state index contributed by atoms with van der Waals surface area (Å²) >= 11 is 0. The third kappa shape index (κ3) is 4.96. The molecule has 24 heavy (non-hydrogen) atoms. The predicted molar refractivity (Wildman–Crippen MR) is 95.4 cm³/mol. The number of H-pyrrole nitrogens is 1. The Labute approximate surface area is 142 Å². The Kier molecular flexibility index (Phi) is 6.57. The second-order valence-corrected chi connectivity index (χ2v) is 5.14. The first-order chi connectivity index (χ1) is 11.7. The maximum atomic E-state index is 5.99. The summed E-state index contributed by atoms with van der Waals surface area (Å²) in [5, 5.41) is 0. The predicted octanol–water partition coefficient (Wildman–Crippen LogP) is 3.08. The second-order valence-electron chi connectivity index (χ2n) is 5.14. The molecule has 0 aliphatic carbocycles. The van der Waals surface area contributed by atoms with Gasteiger partial charge in [0.1, 0.15) is 19.0 Å². The van der Waals surface area contributed by atoms with Crippen LogP contribution >= 0.6 is 0 Å². The molecule has 6 heteroatoms. The van der Waals surface area contributed by atoms with Crippen molar-refractivity contribution in [1.29, 1.82) is 0 Å². The molecule has 1 unspecified atom stereocenters. The zero-order valence-electron chi connectivity index (χ0n) is 14.3. The van der Waals surface area contributed by atoms with E-state index in [0.29, 0.717) is 25.0 Å². The van der Waals surface area contributed by atoms with Gasteiger partial charge in [-0.15, -0.1) is 0 Å². The number of rotatable bonds is 6. The SMILES string of the molecule is CC.Cc1cncc(OCC(N)COc2nc3ccccc3[nH]2)c1. The van der Waals surface area contributed by atoms with Gasteiger partial charge in [-0.1, -0.05) is 26.0 Å². The van der Waals surface area contributed by atoms with Crippen LogP contribution in [-0.4, -0.2) is 34.2 Å². The second kappa shape index (κ2) is 8.88. The first-order valence-electron chi connectivity index (χ1n) is 8.08. The minimum absolute atomic E-state index is 0.256. The molecule has 0 fully saturated rings. The van der Waals surface area contributed by atoms with Gasteiger partial charge in [0.25, 0.3) is 6.01 Å². The summed E-state index contributed by atoms with van der Waals surface area (Å²) in [6.45, 7) is 6.63. The highest BCUT2D eigenvalue weighted by Crippen LogP contribution is 2.15. The topological polar surface area (TPSA) is 86.1 Å². The lowest BCUT2D eigenvalue weighted by Crippen LogP contribution is -2.34. The van der Waals surface area contributed by atoms with Crippen molar-refractivity contribution in [2.75, 3.05) is 13.2 Å². The lowest BCUT2D eigenvalue weighted by Gasteiger charge is -2.13. The largest absolute Gasteiger partial charge is 0.490 e. The lowest BCUT2D eigenvalue weighted by molar-refractivity contribution is 0.211. The third-order valence-electron chi connectivity index (χ3n) is 3.12. The van der Waals surface area contributed by atoms with E-state index in [-0.39, 0.29) is 6.04 Å². The number of fused-ring (bicyclic) bond motifs is 1. The third-order valence-corrected chi connectivity index (χ3v) is 3.12. The fraction of sp³-hybridized carbons (Fsp3) is 0.333. The quantitative estimate of drug-likeness (QED) is 0.726. The number of nitrogens with one attached hydrogen (secondary N) is 1. The van der Waals surface area contributed by atoms with Crippen LogP contribution in [0.5, 0.6) is 11.8 Å². The molecule has 3 N–H and O–H groups in total. The number of pyridine rings is 1. The Bertz CT molecular complexity index is 724. The van der Waals surface area contributed by atoms with Gasteiger partial charge >= 0.3 is 0 Å². The van der Waals surface area contributed by atoms with Crippen molar-refractivity contribution < 1.29 is 9.47 Å². The number of ether oxygens (including phenoxy) is 2. The maximum Gasteiger partial charge on any atom is 0.294 e. The molecule has 0 spiro atoms. The van der Waals surface area contributed by atoms with E-state index in [1.165, 1.54) is 0 Å². The number of nitrogens with two attached hydrogens (primary N) is 1. The molecule has 0 saturated carbocycles. The molecule has 0 radical (unpaired) electrons. The molecule has 2 heterocycles. The van der Waals surface area contributed by atoms with Gasteiger partial charge in [-0.05, 0) is 30.7 Å². The van der Waals surface area contributed by atoms with Gasteiger partial charge in [0, 0.05) is 6.20 Å². The summed E-state index contributed by atoms with van der Waals surface area (Å²) in [7, 11) is 0. The number of hydrogen-bond donors (Lipinski definition) is 2. The number of nitrogens with zero attached hydrogens (tertiary/aromatic N) is 2. The number of hydrogen-bond acceptors (Lipinski definition) is 5. The summed E-state index contributed by atoms with van der Waals surface area (Å²) in [6, 6.07) is 9.87. The fourth-order valence-corrected chi connectivity index (χ4v) is 2.04. The number of imidazole rings is 1.